The van der Waals surface area contributed by atoms with E-state index in [0.717, 1.165) is 18.0 Å². The Balaban J connectivity index is 1.29. The number of hydrogen-bond acceptors (Lipinski definition) is 6. The van der Waals surface area contributed by atoms with Gasteiger partial charge in [0, 0.05) is 29.9 Å². The lowest BCUT2D eigenvalue weighted by atomic mass is 10.0. The minimum atomic E-state index is -4.59. The molecule has 0 unspecified atom stereocenters. The van der Waals surface area contributed by atoms with E-state index in [4.69, 9.17) is 10.5 Å². The maximum Gasteiger partial charge on any atom is 0.504 e. The van der Waals surface area contributed by atoms with Gasteiger partial charge in [-0.25, -0.2) is 9.97 Å². The van der Waals surface area contributed by atoms with Crippen molar-refractivity contribution in [3.8, 4) is 16.9 Å². The minimum Gasteiger partial charge on any atom is -0.491 e. The molecule has 9 nitrogen and oxygen atoms in total. The number of likely N-dealkylation sites (N-methyl/N-ethyl adjacent to an activating group) is 1. The Morgan fingerprint density at radius 1 is 1.14 bits per heavy atom. The van der Waals surface area contributed by atoms with Crippen LogP contribution in [0, 0.1) is 0 Å². The summed E-state index contributed by atoms with van der Waals surface area (Å²) in [5.74, 6) is 0.634. The van der Waals surface area contributed by atoms with E-state index in [2.05, 4.69) is 15.1 Å². The van der Waals surface area contributed by atoms with E-state index in [1.54, 1.807) is 65.3 Å². The van der Waals surface area contributed by atoms with Crippen LogP contribution in [0.15, 0.2) is 61.3 Å². The summed E-state index contributed by atoms with van der Waals surface area (Å²) >= 11 is 0. The normalized spacial score (nSPS) is 15.3. The van der Waals surface area contributed by atoms with Crippen molar-refractivity contribution in [3.63, 3.8) is 0 Å². The molecule has 0 saturated carbocycles. The van der Waals surface area contributed by atoms with Gasteiger partial charge in [-0.2, -0.15) is 9.78 Å². The van der Waals surface area contributed by atoms with E-state index in [9.17, 15) is 18.0 Å². The van der Waals surface area contributed by atoms with Gasteiger partial charge in [0.2, 0.25) is 0 Å². The molecule has 2 aromatic carbocycles. The zero-order chi connectivity index (χ0) is 25.2. The highest BCUT2D eigenvalue weighted by molar-refractivity contribution is 5.98. The van der Waals surface area contributed by atoms with Gasteiger partial charge in [0.25, 0.3) is 5.91 Å². The Labute approximate surface area is 201 Å². The van der Waals surface area contributed by atoms with Crippen LogP contribution in [0.1, 0.15) is 22.0 Å². The van der Waals surface area contributed by atoms with Gasteiger partial charge in [0.15, 0.2) is 0 Å². The van der Waals surface area contributed by atoms with Gasteiger partial charge in [0.05, 0.1) is 35.8 Å². The van der Waals surface area contributed by atoms with E-state index in [1.807, 2.05) is 0 Å². The second-order valence-electron chi connectivity index (χ2n) is 8.49. The topological polar surface area (TPSA) is 104 Å². The van der Waals surface area contributed by atoms with Crippen LogP contribution in [-0.2, 0) is 6.30 Å². The summed E-state index contributed by atoms with van der Waals surface area (Å²) in [7, 11) is 1.69. The molecule has 2 N–H and O–H groups in total. The van der Waals surface area contributed by atoms with Gasteiger partial charge in [0.1, 0.15) is 23.7 Å². The van der Waals surface area contributed by atoms with Gasteiger partial charge in [-0.05, 0) is 29.8 Å². The number of carbonyl (C=O) groups is 1. The highest BCUT2D eigenvalue weighted by Gasteiger charge is 2.33. The van der Waals surface area contributed by atoms with Crippen LogP contribution in [0.5, 0.6) is 5.75 Å². The number of fused-ring (bicyclic) bond motifs is 4. The largest absolute Gasteiger partial charge is 0.504 e. The first-order valence-corrected chi connectivity index (χ1v) is 10.9. The van der Waals surface area contributed by atoms with Crippen molar-refractivity contribution in [1.29, 1.82) is 0 Å². The second kappa shape index (κ2) is 7.70. The molecule has 1 amide bonds. The van der Waals surface area contributed by atoms with Crippen LogP contribution in [0.4, 0.5) is 19.0 Å². The fourth-order valence-electron chi connectivity index (χ4n) is 4.46. The number of rotatable bonds is 3. The van der Waals surface area contributed by atoms with Crippen molar-refractivity contribution in [3.05, 3.63) is 72.4 Å². The van der Waals surface area contributed by atoms with Crippen molar-refractivity contribution in [2.75, 3.05) is 19.4 Å². The third-order valence-electron chi connectivity index (χ3n) is 6.36. The third kappa shape index (κ3) is 3.41. The van der Waals surface area contributed by atoms with Crippen LogP contribution in [0.25, 0.3) is 27.7 Å². The molecule has 6 rings (SSSR count). The number of nitrogen functional groups attached to an aromatic ring is 1. The van der Waals surface area contributed by atoms with E-state index >= 15 is 0 Å². The molecule has 0 fully saturated rings. The van der Waals surface area contributed by atoms with Gasteiger partial charge < -0.3 is 15.4 Å². The predicted octanol–water partition coefficient (Wildman–Crippen LogP) is 4.01. The van der Waals surface area contributed by atoms with Crippen LogP contribution >= 0.6 is 0 Å². The zero-order valence-electron chi connectivity index (χ0n) is 18.8. The molecular formula is C24H18F3N7O2. The number of aromatic nitrogens is 5. The van der Waals surface area contributed by atoms with Gasteiger partial charge in [-0.1, -0.05) is 12.1 Å². The molecule has 3 aromatic heterocycles. The molecule has 12 heteroatoms. The van der Waals surface area contributed by atoms with Crippen molar-refractivity contribution >= 4 is 28.3 Å². The van der Waals surface area contributed by atoms with Crippen molar-refractivity contribution < 1.29 is 22.7 Å². The van der Waals surface area contributed by atoms with Gasteiger partial charge >= 0.3 is 6.30 Å². The Morgan fingerprint density at radius 2 is 1.97 bits per heavy atom. The number of nitrogens with two attached hydrogens (primary N) is 1. The lowest BCUT2D eigenvalue weighted by Crippen LogP contribution is -2.32. The molecule has 36 heavy (non-hydrogen) atoms. The third-order valence-corrected chi connectivity index (χ3v) is 6.36. The molecule has 1 aliphatic heterocycles. The number of benzene rings is 2. The summed E-state index contributed by atoms with van der Waals surface area (Å²) in [6, 6.07) is 9.92. The van der Waals surface area contributed by atoms with E-state index in [-0.39, 0.29) is 23.2 Å². The fourth-order valence-corrected chi connectivity index (χ4v) is 4.46. The number of amides is 1. The van der Waals surface area contributed by atoms with Crippen molar-refractivity contribution in [2.24, 2.45) is 0 Å². The number of alkyl halides is 3. The number of ether oxygens (including phenoxy) is 1. The summed E-state index contributed by atoms with van der Waals surface area (Å²) in [5.41, 5.74) is 10.0. The SMILES string of the molecule is CN(C(=O)c1ccc2nc(N)c3cncn3c2c1)[C@@H]1COc2cc(-c3cnn(C(F)(F)F)c3)ccc21. The smallest absolute Gasteiger partial charge is 0.491 e. The van der Waals surface area contributed by atoms with Crippen molar-refractivity contribution in [2.45, 2.75) is 12.3 Å². The molecule has 0 radical (unpaired) electrons. The quantitative estimate of drug-likeness (QED) is 0.407. The molecule has 0 bridgehead atoms. The van der Waals surface area contributed by atoms with Crippen LogP contribution in [-0.4, -0.2) is 48.6 Å². The number of halogens is 3. The second-order valence-corrected chi connectivity index (χ2v) is 8.49. The highest BCUT2D eigenvalue weighted by atomic mass is 19.4. The summed E-state index contributed by atoms with van der Waals surface area (Å²) in [6.45, 7) is 0.222. The van der Waals surface area contributed by atoms with Gasteiger partial charge in [-0.3, -0.25) is 9.20 Å². The highest BCUT2D eigenvalue weighted by Crippen LogP contribution is 2.39. The predicted molar refractivity (Wildman–Crippen MR) is 124 cm³/mol. The Hall–Kier alpha value is -4.61. The summed E-state index contributed by atoms with van der Waals surface area (Å²) in [5, 5.41) is 3.38. The summed E-state index contributed by atoms with van der Waals surface area (Å²) < 4.78 is 46.2. The number of anilines is 1. The monoisotopic (exact) mass is 493 g/mol. The summed E-state index contributed by atoms with van der Waals surface area (Å²) in [6.07, 6.45) is 0.705. The molecule has 1 aliphatic rings. The number of hydrogen-bond donors (Lipinski definition) is 1. The lowest BCUT2D eigenvalue weighted by Gasteiger charge is -2.24. The molecule has 5 aromatic rings. The summed E-state index contributed by atoms with van der Waals surface area (Å²) in [4.78, 5) is 23.5. The molecule has 1 atom stereocenters. The Morgan fingerprint density at radius 3 is 2.75 bits per heavy atom. The maximum atomic E-state index is 13.4. The van der Waals surface area contributed by atoms with Crippen LogP contribution in [0.2, 0.25) is 0 Å². The van der Waals surface area contributed by atoms with E-state index in [0.29, 0.717) is 44.8 Å². The molecule has 4 heterocycles. The fraction of sp³-hybridized carbons (Fsp3) is 0.167. The van der Waals surface area contributed by atoms with Crippen molar-refractivity contribution in [1.82, 2.24) is 29.0 Å². The number of carbonyl (C=O) groups excluding carboxylic acids is 1. The number of nitrogens with zero attached hydrogens (tertiary/aromatic N) is 6. The molecule has 0 saturated heterocycles. The average Bonchev–Trinajstić information content (AvgIpc) is 3.62. The minimum absolute atomic E-state index is 0.0450. The molecule has 182 valence electrons. The zero-order valence-corrected chi connectivity index (χ0v) is 18.8. The number of imidazole rings is 1. The first kappa shape index (κ1) is 21.9. The first-order valence-electron chi connectivity index (χ1n) is 10.9. The molecule has 0 spiro atoms. The average molecular weight is 493 g/mol. The molecular weight excluding hydrogens is 475 g/mol. The van der Waals surface area contributed by atoms with E-state index in [1.165, 1.54) is 0 Å². The maximum absolute atomic E-state index is 13.4. The lowest BCUT2D eigenvalue weighted by molar-refractivity contribution is -0.212. The first-order chi connectivity index (χ1) is 17.2. The Kier molecular flexibility index (Phi) is 4.68. The standard InChI is InChI=1S/C24H18F3N7O2/c1-32(23(35)14-3-5-17-18(6-14)33-12-29-9-19(33)22(28)31-17)20-11-36-21-7-13(2-4-16(20)21)15-8-30-34(10-15)24(25,26)27/h2-10,12,20H,11H2,1H3,(H2,28,31)/t20-/m1/s1. The van der Waals surface area contributed by atoms with Crippen LogP contribution < -0.4 is 10.5 Å². The van der Waals surface area contributed by atoms with Gasteiger partial charge in [-0.15, -0.1) is 13.2 Å². The van der Waals surface area contributed by atoms with Crippen LogP contribution in [0.3, 0.4) is 0 Å². The molecule has 0 aliphatic carbocycles. The van der Waals surface area contributed by atoms with E-state index < -0.39 is 6.30 Å². The Bertz CT molecular complexity index is 1660.